The highest BCUT2D eigenvalue weighted by molar-refractivity contribution is 6.72. The van der Waals surface area contributed by atoms with Gasteiger partial charge in [0.2, 0.25) is 0 Å². The molecule has 1 aliphatic heterocycles. The minimum Gasteiger partial charge on any atom is -0.358 e. The Morgan fingerprint density at radius 1 is 0.763 bits per heavy atom. The molecule has 284 valence electrons. The normalized spacial score (nSPS) is 13.4. The molecule has 0 saturated heterocycles. The molecule has 0 atom stereocenters. The number of aromatic nitrogens is 1. The average molecular weight is 760 g/mol. The average Bonchev–Trinajstić information content (AvgIpc) is 3.60. The summed E-state index contributed by atoms with van der Waals surface area (Å²) in [5.41, 5.74) is 20.2. The number of benzene rings is 7. The Balaban J connectivity index is 1.08. The van der Waals surface area contributed by atoms with Crippen LogP contribution in [0, 0.1) is 13.8 Å². The van der Waals surface area contributed by atoms with Crippen molar-refractivity contribution >= 4 is 87.7 Å². The van der Waals surface area contributed by atoms with Crippen molar-refractivity contribution < 1.29 is 0 Å². The Hall–Kier alpha value is -6.71. The van der Waals surface area contributed by atoms with E-state index in [1.54, 1.807) is 0 Å². The van der Waals surface area contributed by atoms with Crippen molar-refractivity contribution in [3.63, 3.8) is 0 Å². The van der Waals surface area contributed by atoms with Crippen LogP contribution in [0.3, 0.4) is 0 Å². The number of rotatable bonds is 9. The van der Waals surface area contributed by atoms with Crippen LogP contribution in [0.2, 0.25) is 0 Å². The molecule has 7 aromatic carbocycles. The third-order valence-corrected chi connectivity index (χ3v) is 12.2. The van der Waals surface area contributed by atoms with Gasteiger partial charge in [-0.1, -0.05) is 149 Å². The first-order chi connectivity index (χ1) is 29.0. The minimum absolute atomic E-state index is 0.887. The standard InChI is InChI=1S/C54H47B2N3/c1-36-32-40(19-13-14-24-45-37(2)57-49-30-26-39-18-12-15-25-46(39)53(45)49)54-52(33-36)59(50-31-27-41(55)34-47(50)38-16-6-3-7-17-38)51-35-44(28-29-48(51)56-54)58(42-20-8-4-9-21-42)43-22-10-5-11-23-43/h3-10,12,14-18,20-22,24-35,56-57H,11,13,19,23,55H2,1-2H3/b24-14-. The van der Waals surface area contributed by atoms with Crippen molar-refractivity contribution in [2.75, 3.05) is 9.80 Å². The number of fused-ring (bicyclic) bond motifs is 5. The summed E-state index contributed by atoms with van der Waals surface area (Å²) in [4.78, 5) is 8.68. The van der Waals surface area contributed by atoms with Crippen LogP contribution >= 0.6 is 0 Å². The number of hydrogen-bond donors (Lipinski definition) is 1. The van der Waals surface area contributed by atoms with Gasteiger partial charge in [0.1, 0.15) is 7.85 Å². The summed E-state index contributed by atoms with van der Waals surface area (Å²) in [7, 11) is 3.09. The molecule has 10 rings (SSSR count). The van der Waals surface area contributed by atoms with Gasteiger partial charge in [0.15, 0.2) is 7.28 Å². The first-order valence-corrected chi connectivity index (χ1v) is 21.1. The van der Waals surface area contributed by atoms with Crippen LogP contribution in [0.5, 0.6) is 0 Å². The lowest BCUT2D eigenvalue weighted by Gasteiger charge is -2.37. The smallest absolute Gasteiger partial charge is 0.198 e. The molecule has 2 aliphatic rings. The summed E-state index contributed by atoms with van der Waals surface area (Å²) in [6.45, 7) is 4.46. The number of aryl methyl sites for hydroxylation is 3. The Kier molecular flexibility index (Phi) is 9.66. The zero-order chi connectivity index (χ0) is 39.9. The number of aromatic amines is 1. The van der Waals surface area contributed by atoms with Gasteiger partial charge < -0.3 is 14.8 Å². The Morgan fingerprint density at radius 3 is 2.41 bits per heavy atom. The number of para-hydroxylation sites is 1. The molecule has 0 bridgehead atoms. The zero-order valence-corrected chi connectivity index (χ0v) is 34.2. The molecular weight excluding hydrogens is 712 g/mol. The van der Waals surface area contributed by atoms with Gasteiger partial charge in [-0.05, 0) is 110 Å². The molecular formula is C54H47B2N3. The lowest BCUT2D eigenvalue weighted by atomic mass is 9.58. The van der Waals surface area contributed by atoms with Crippen LogP contribution in [-0.4, -0.2) is 20.1 Å². The molecule has 1 aliphatic carbocycles. The Morgan fingerprint density at radius 2 is 1.58 bits per heavy atom. The molecule has 0 fully saturated rings. The maximum Gasteiger partial charge on any atom is 0.198 e. The number of H-pyrrole nitrogens is 1. The number of nitrogens with one attached hydrogen (secondary N) is 1. The van der Waals surface area contributed by atoms with Gasteiger partial charge >= 0.3 is 0 Å². The molecule has 1 N–H and O–H groups in total. The van der Waals surface area contributed by atoms with Crippen molar-refractivity contribution in [2.24, 2.45) is 0 Å². The fraction of sp³-hybridized carbons (Fsp3) is 0.111. The van der Waals surface area contributed by atoms with E-state index in [-0.39, 0.29) is 0 Å². The van der Waals surface area contributed by atoms with E-state index in [4.69, 9.17) is 0 Å². The molecule has 0 saturated carbocycles. The van der Waals surface area contributed by atoms with Gasteiger partial charge in [0, 0.05) is 56.2 Å². The molecule has 8 aromatic rings. The predicted molar refractivity (Wildman–Crippen MR) is 259 cm³/mol. The highest BCUT2D eigenvalue weighted by atomic mass is 15.2. The van der Waals surface area contributed by atoms with Crippen LogP contribution in [0.4, 0.5) is 28.4 Å². The van der Waals surface area contributed by atoms with E-state index in [1.807, 2.05) is 0 Å². The molecule has 0 radical (unpaired) electrons. The third kappa shape index (κ3) is 6.91. The van der Waals surface area contributed by atoms with Gasteiger partial charge in [-0.15, -0.1) is 0 Å². The monoisotopic (exact) mass is 759 g/mol. The van der Waals surface area contributed by atoms with Gasteiger partial charge in [0.25, 0.3) is 0 Å². The summed E-state index contributed by atoms with van der Waals surface area (Å²) in [6, 6.07) is 53.9. The highest BCUT2D eigenvalue weighted by Gasteiger charge is 2.30. The largest absolute Gasteiger partial charge is 0.358 e. The topological polar surface area (TPSA) is 22.3 Å². The summed E-state index contributed by atoms with van der Waals surface area (Å²) < 4.78 is 0. The minimum atomic E-state index is 0.887. The van der Waals surface area contributed by atoms with Crippen LogP contribution in [0.1, 0.15) is 41.6 Å². The summed E-state index contributed by atoms with van der Waals surface area (Å²) in [5.74, 6) is 0. The van der Waals surface area contributed by atoms with Crippen molar-refractivity contribution in [1.29, 1.82) is 0 Å². The van der Waals surface area contributed by atoms with E-state index in [0.717, 1.165) is 33.0 Å². The second-order valence-electron chi connectivity index (χ2n) is 16.2. The van der Waals surface area contributed by atoms with E-state index in [9.17, 15) is 0 Å². The van der Waals surface area contributed by atoms with Crippen LogP contribution in [0.15, 0.2) is 176 Å². The van der Waals surface area contributed by atoms with E-state index in [0.29, 0.717) is 0 Å². The van der Waals surface area contributed by atoms with Gasteiger partial charge in [-0.25, -0.2) is 0 Å². The van der Waals surface area contributed by atoms with Crippen molar-refractivity contribution in [2.45, 2.75) is 39.5 Å². The van der Waals surface area contributed by atoms with Crippen LogP contribution in [-0.2, 0) is 6.42 Å². The summed E-state index contributed by atoms with van der Waals surface area (Å²) in [5, 5.41) is 3.89. The van der Waals surface area contributed by atoms with E-state index >= 15 is 0 Å². The molecule has 3 nitrogen and oxygen atoms in total. The summed E-state index contributed by atoms with van der Waals surface area (Å²) >= 11 is 0. The molecule has 0 unspecified atom stereocenters. The number of nitrogens with zero attached hydrogens (tertiary/aromatic N) is 2. The highest BCUT2D eigenvalue weighted by Crippen LogP contribution is 2.44. The van der Waals surface area contributed by atoms with Crippen molar-refractivity contribution in [3.05, 3.63) is 198 Å². The third-order valence-electron chi connectivity index (χ3n) is 12.2. The lowest BCUT2D eigenvalue weighted by Crippen LogP contribution is -2.42. The second-order valence-corrected chi connectivity index (χ2v) is 16.2. The Labute approximate surface area is 349 Å². The molecule has 5 heteroatoms. The molecule has 2 heterocycles. The van der Waals surface area contributed by atoms with Crippen LogP contribution < -0.4 is 26.2 Å². The van der Waals surface area contributed by atoms with Crippen LogP contribution in [0.25, 0.3) is 38.9 Å². The maximum absolute atomic E-state index is 3.65. The quantitative estimate of drug-likeness (QED) is 0.148. The van der Waals surface area contributed by atoms with Gasteiger partial charge in [-0.3, -0.25) is 0 Å². The van der Waals surface area contributed by atoms with E-state index in [1.165, 1.54) is 106 Å². The van der Waals surface area contributed by atoms with Crippen molar-refractivity contribution in [1.82, 2.24) is 4.98 Å². The SMILES string of the molecule is Bc1ccc(N2c3cc(N(C4=CC=CCC4)c4ccccc4)ccc3Bc3c(CC/C=C\c4c(C)[nH]c5ccc6ccccc6c45)cc(C)cc32)c(-c2ccccc2)c1. The van der Waals surface area contributed by atoms with Gasteiger partial charge in [0.05, 0.1) is 5.69 Å². The molecule has 0 amide bonds. The maximum atomic E-state index is 3.65. The number of allylic oxidation sites excluding steroid dienone is 5. The summed E-state index contributed by atoms with van der Waals surface area (Å²) in [6.07, 6.45) is 15.4. The first-order valence-electron chi connectivity index (χ1n) is 21.1. The fourth-order valence-electron chi connectivity index (χ4n) is 9.43. The fourth-order valence-corrected chi connectivity index (χ4v) is 9.43. The molecule has 0 spiro atoms. The number of anilines is 5. The zero-order valence-electron chi connectivity index (χ0n) is 34.2. The van der Waals surface area contributed by atoms with E-state index < -0.39 is 0 Å². The predicted octanol–water partition coefficient (Wildman–Crippen LogP) is 11.1. The lowest BCUT2D eigenvalue weighted by molar-refractivity contribution is 0.917. The van der Waals surface area contributed by atoms with E-state index in [2.05, 4.69) is 212 Å². The first kappa shape index (κ1) is 36.6. The molecule has 1 aromatic heterocycles. The van der Waals surface area contributed by atoms with Gasteiger partial charge in [-0.2, -0.15) is 0 Å². The number of hydrogen-bond acceptors (Lipinski definition) is 2. The molecule has 59 heavy (non-hydrogen) atoms. The Bertz CT molecular complexity index is 2960. The van der Waals surface area contributed by atoms with Crippen molar-refractivity contribution in [3.8, 4) is 11.1 Å². The second kappa shape index (κ2) is 15.6.